The minimum absolute atomic E-state index is 0.00486. The zero-order valence-electron chi connectivity index (χ0n) is 21.4. The zero-order valence-corrected chi connectivity index (χ0v) is 21.4. The van der Waals surface area contributed by atoms with Crippen LogP contribution in [-0.4, -0.2) is 61.3 Å². The molecule has 1 atom stereocenters. The van der Waals surface area contributed by atoms with Gasteiger partial charge in [-0.3, -0.25) is 9.59 Å². The Kier molecular flexibility index (Phi) is 9.74. The van der Waals surface area contributed by atoms with E-state index >= 15 is 4.39 Å². The number of esters is 2. The number of rotatable bonds is 12. The van der Waals surface area contributed by atoms with E-state index in [1.54, 1.807) is 38.1 Å². The van der Waals surface area contributed by atoms with Gasteiger partial charge in [0.05, 0.1) is 44.7 Å². The molecule has 3 aromatic rings. The fraction of sp³-hybridized carbons (Fsp3) is 0.346. The molecule has 1 N–H and O–H groups in total. The molecule has 0 fully saturated rings. The van der Waals surface area contributed by atoms with E-state index < -0.39 is 35.5 Å². The first-order valence-electron chi connectivity index (χ1n) is 11.8. The number of hydrogen-bond acceptors (Lipinski definition) is 10. The van der Waals surface area contributed by atoms with Gasteiger partial charge in [-0.1, -0.05) is 12.1 Å². The molecule has 0 aliphatic rings. The Morgan fingerprint density at radius 2 is 1.71 bits per heavy atom. The molecular formula is C26H28FN3O8. The van der Waals surface area contributed by atoms with E-state index in [0.29, 0.717) is 11.0 Å². The number of para-hydroxylation sites is 2. The highest BCUT2D eigenvalue weighted by Crippen LogP contribution is 2.39. The largest absolute Gasteiger partial charge is 0.496 e. The van der Waals surface area contributed by atoms with Crippen LogP contribution in [0.3, 0.4) is 0 Å². The fourth-order valence-corrected chi connectivity index (χ4v) is 3.55. The first-order chi connectivity index (χ1) is 18.3. The number of nitrogens with one attached hydrogen (secondary N) is 1. The van der Waals surface area contributed by atoms with Crippen molar-refractivity contribution in [1.29, 1.82) is 0 Å². The number of aromatic nitrogens is 2. The molecule has 0 bridgehead atoms. The number of carbonyl (C=O) groups excluding carboxylic acids is 3. The summed E-state index contributed by atoms with van der Waals surface area (Å²) in [7, 11) is 2.44. The van der Waals surface area contributed by atoms with Crippen molar-refractivity contribution < 1.29 is 42.5 Å². The average Bonchev–Trinajstić information content (AvgIpc) is 2.91. The minimum atomic E-state index is -1.21. The highest BCUT2D eigenvalue weighted by atomic mass is 19.1. The molecule has 1 unspecified atom stereocenters. The molecule has 1 heterocycles. The van der Waals surface area contributed by atoms with Gasteiger partial charge >= 0.3 is 11.9 Å². The lowest BCUT2D eigenvalue weighted by atomic mass is 10.1. The summed E-state index contributed by atoms with van der Waals surface area (Å²) in [5, 5.41) is 2.47. The number of benzene rings is 2. The van der Waals surface area contributed by atoms with Crippen molar-refractivity contribution in [2.45, 2.75) is 32.7 Å². The summed E-state index contributed by atoms with van der Waals surface area (Å²) < 4.78 is 41.5. The van der Waals surface area contributed by atoms with E-state index in [9.17, 15) is 14.4 Å². The Balaban J connectivity index is 1.91. The smallest absolute Gasteiger partial charge is 0.328 e. The van der Waals surface area contributed by atoms with Crippen molar-refractivity contribution in [2.24, 2.45) is 0 Å². The Morgan fingerprint density at radius 1 is 1.00 bits per heavy atom. The van der Waals surface area contributed by atoms with Crippen molar-refractivity contribution in [3.63, 3.8) is 0 Å². The third kappa shape index (κ3) is 6.64. The molecule has 0 aliphatic heterocycles. The van der Waals surface area contributed by atoms with Crippen LogP contribution in [0.1, 0.15) is 37.0 Å². The van der Waals surface area contributed by atoms with E-state index in [-0.39, 0.29) is 49.0 Å². The summed E-state index contributed by atoms with van der Waals surface area (Å²) in [5.41, 5.74) is 0.838. The third-order valence-corrected chi connectivity index (χ3v) is 5.26. The fourth-order valence-electron chi connectivity index (χ4n) is 3.55. The highest BCUT2D eigenvalue weighted by molar-refractivity contribution is 6.02. The number of fused-ring (bicyclic) bond motifs is 1. The summed E-state index contributed by atoms with van der Waals surface area (Å²) in [6.07, 6.45) is 1.08. The van der Waals surface area contributed by atoms with E-state index in [0.717, 1.165) is 13.2 Å². The normalized spacial score (nSPS) is 11.4. The van der Waals surface area contributed by atoms with E-state index in [1.807, 2.05) is 0 Å². The van der Waals surface area contributed by atoms with Crippen LogP contribution >= 0.6 is 0 Å². The number of carbonyl (C=O) groups is 3. The summed E-state index contributed by atoms with van der Waals surface area (Å²) in [6, 6.07) is 7.01. The predicted molar refractivity (Wildman–Crippen MR) is 133 cm³/mol. The van der Waals surface area contributed by atoms with Crippen LogP contribution in [0.15, 0.2) is 36.5 Å². The number of hydrogen-bond donors (Lipinski definition) is 1. The highest BCUT2D eigenvalue weighted by Gasteiger charge is 2.30. The molecular weight excluding hydrogens is 501 g/mol. The van der Waals surface area contributed by atoms with Gasteiger partial charge < -0.3 is 29.0 Å². The quantitative estimate of drug-likeness (QED) is 0.347. The number of amides is 1. The first kappa shape index (κ1) is 28.1. The van der Waals surface area contributed by atoms with Crippen LogP contribution < -0.4 is 19.5 Å². The molecule has 0 radical (unpaired) electrons. The van der Waals surface area contributed by atoms with Crippen molar-refractivity contribution >= 4 is 28.9 Å². The standard InChI is InChI=1S/C26H28FN3O8/c1-5-36-21(31)12-11-17(26(33)37-6-2)30-25(32)22-18(34-3)13-19(23(27)24(22)35-4)38-20-14-28-15-9-7-8-10-16(15)29-20/h7-10,13-14,17H,5-6,11-12H2,1-4H3,(H,30,32). The molecule has 11 nitrogen and oxygen atoms in total. The van der Waals surface area contributed by atoms with Gasteiger partial charge in [0, 0.05) is 12.5 Å². The molecule has 12 heteroatoms. The lowest BCUT2D eigenvalue weighted by molar-refractivity contribution is -0.146. The van der Waals surface area contributed by atoms with Crippen LogP contribution in [0.2, 0.25) is 0 Å². The Hall–Kier alpha value is -4.48. The van der Waals surface area contributed by atoms with E-state index in [2.05, 4.69) is 15.3 Å². The van der Waals surface area contributed by atoms with Gasteiger partial charge in [0.25, 0.3) is 5.91 Å². The maximum atomic E-state index is 15.5. The van der Waals surface area contributed by atoms with E-state index in [1.165, 1.54) is 13.3 Å². The summed E-state index contributed by atoms with van der Waals surface area (Å²) >= 11 is 0. The second-order valence-electron chi connectivity index (χ2n) is 7.72. The number of ether oxygens (including phenoxy) is 5. The lowest BCUT2D eigenvalue weighted by Gasteiger charge is -2.20. The van der Waals surface area contributed by atoms with Crippen LogP contribution in [0, 0.1) is 5.82 Å². The van der Waals surface area contributed by atoms with Crippen molar-refractivity contribution in [1.82, 2.24) is 15.3 Å². The topological polar surface area (TPSA) is 135 Å². The molecule has 0 spiro atoms. The van der Waals surface area contributed by atoms with Crippen LogP contribution in [0.25, 0.3) is 11.0 Å². The van der Waals surface area contributed by atoms with Gasteiger partial charge in [0.2, 0.25) is 11.7 Å². The number of methoxy groups -OCH3 is 2. The molecule has 1 amide bonds. The van der Waals surface area contributed by atoms with Gasteiger partial charge in [-0.25, -0.2) is 14.8 Å². The SMILES string of the molecule is CCOC(=O)CCC(NC(=O)c1c(OC)cc(Oc2cnc3ccccc3n2)c(F)c1OC)C(=O)OCC. The summed E-state index contributed by atoms with van der Waals surface area (Å²) in [6.45, 7) is 3.47. The third-order valence-electron chi connectivity index (χ3n) is 5.26. The van der Waals surface area contributed by atoms with Crippen LogP contribution in [-0.2, 0) is 19.1 Å². The van der Waals surface area contributed by atoms with Crippen molar-refractivity contribution in [2.75, 3.05) is 27.4 Å². The second-order valence-corrected chi connectivity index (χ2v) is 7.72. The van der Waals surface area contributed by atoms with Gasteiger partial charge in [-0.05, 0) is 32.4 Å². The van der Waals surface area contributed by atoms with Crippen molar-refractivity contribution in [3.05, 3.63) is 47.9 Å². The maximum Gasteiger partial charge on any atom is 0.328 e. The molecule has 3 rings (SSSR count). The average molecular weight is 530 g/mol. The van der Waals surface area contributed by atoms with Gasteiger partial charge in [0.1, 0.15) is 17.4 Å². The molecule has 1 aromatic heterocycles. The number of nitrogens with zero attached hydrogens (tertiary/aromatic N) is 2. The summed E-state index contributed by atoms with van der Waals surface area (Å²) in [5.74, 6) is -4.12. The van der Waals surface area contributed by atoms with Gasteiger partial charge in [-0.2, -0.15) is 4.39 Å². The summed E-state index contributed by atoms with van der Waals surface area (Å²) in [4.78, 5) is 46.0. The van der Waals surface area contributed by atoms with Gasteiger partial charge in [0.15, 0.2) is 11.5 Å². The predicted octanol–water partition coefficient (Wildman–Crippen LogP) is 3.58. The zero-order chi connectivity index (χ0) is 27.7. The minimum Gasteiger partial charge on any atom is -0.496 e. The monoisotopic (exact) mass is 529 g/mol. The second kappa shape index (κ2) is 13.2. The Bertz CT molecular complexity index is 1320. The van der Waals surface area contributed by atoms with Crippen LogP contribution in [0.5, 0.6) is 23.1 Å². The molecule has 2 aromatic carbocycles. The van der Waals surface area contributed by atoms with Gasteiger partial charge in [-0.15, -0.1) is 0 Å². The molecule has 0 saturated carbocycles. The number of halogens is 1. The molecule has 0 aliphatic carbocycles. The Morgan fingerprint density at radius 3 is 2.37 bits per heavy atom. The first-order valence-corrected chi connectivity index (χ1v) is 11.8. The van der Waals surface area contributed by atoms with E-state index in [4.69, 9.17) is 23.7 Å². The van der Waals surface area contributed by atoms with Crippen LogP contribution in [0.4, 0.5) is 4.39 Å². The molecule has 202 valence electrons. The van der Waals surface area contributed by atoms with Crippen molar-refractivity contribution in [3.8, 4) is 23.1 Å². The lowest BCUT2D eigenvalue weighted by Crippen LogP contribution is -2.42. The molecule has 0 saturated heterocycles. The molecule has 38 heavy (non-hydrogen) atoms. The Labute approximate surface area is 218 Å². The maximum absolute atomic E-state index is 15.5.